The fraction of sp³-hybridized carbons (Fsp3) is 0.143. The van der Waals surface area contributed by atoms with Gasteiger partial charge in [0.15, 0.2) is 6.29 Å². The summed E-state index contributed by atoms with van der Waals surface area (Å²) in [7, 11) is 0. The number of carbonyl (C=O) groups excluding carboxylic acids is 1. The number of aldehydes is 1. The first-order valence-electron chi connectivity index (χ1n) is 3.22. The molecule has 0 unspecified atom stereocenters. The van der Waals surface area contributed by atoms with Gasteiger partial charge in [0.25, 0.3) is 12.0 Å². The molecule has 1 N–H and O–H groups in total. The molecule has 0 bridgehead atoms. The van der Waals surface area contributed by atoms with Gasteiger partial charge in [-0.05, 0) is 15.9 Å². The van der Waals surface area contributed by atoms with Crippen LogP contribution in [-0.4, -0.2) is 11.3 Å². The van der Waals surface area contributed by atoms with Crippen LogP contribution in [-0.2, 0) is 0 Å². The van der Waals surface area contributed by atoms with E-state index in [4.69, 9.17) is 0 Å². The number of pyridine rings is 1. The summed E-state index contributed by atoms with van der Waals surface area (Å²) < 4.78 is 24.3. The van der Waals surface area contributed by atoms with Crippen molar-refractivity contribution in [2.45, 2.75) is 6.43 Å². The maximum atomic E-state index is 12.2. The topological polar surface area (TPSA) is 49.9 Å². The second-order valence-corrected chi connectivity index (χ2v) is 3.01. The molecule has 0 atom stereocenters. The highest BCUT2D eigenvalue weighted by Gasteiger charge is 2.16. The lowest BCUT2D eigenvalue weighted by molar-refractivity contribution is 0.110. The SMILES string of the molecule is O=Cc1c(C(F)F)c[nH]c(=O)c1Br. The summed E-state index contributed by atoms with van der Waals surface area (Å²) in [5.41, 5.74) is -1.40. The molecule has 0 aliphatic carbocycles. The van der Waals surface area contributed by atoms with Gasteiger partial charge in [0, 0.05) is 17.3 Å². The summed E-state index contributed by atoms with van der Waals surface area (Å²) in [5, 5.41) is 0. The van der Waals surface area contributed by atoms with Crippen molar-refractivity contribution in [1.29, 1.82) is 0 Å². The Kier molecular flexibility index (Phi) is 2.92. The van der Waals surface area contributed by atoms with E-state index in [1.807, 2.05) is 0 Å². The maximum absolute atomic E-state index is 12.2. The molecule has 0 saturated heterocycles. The van der Waals surface area contributed by atoms with E-state index < -0.39 is 17.5 Å². The fourth-order valence-electron chi connectivity index (χ4n) is 0.834. The van der Waals surface area contributed by atoms with Crippen molar-refractivity contribution in [3.63, 3.8) is 0 Å². The third-order valence-electron chi connectivity index (χ3n) is 1.46. The highest BCUT2D eigenvalue weighted by Crippen LogP contribution is 2.23. The zero-order valence-corrected chi connectivity index (χ0v) is 7.77. The number of nitrogens with one attached hydrogen (secondary N) is 1. The van der Waals surface area contributed by atoms with Crippen LogP contribution in [0, 0.1) is 0 Å². The number of H-pyrrole nitrogens is 1. The molecular weight excluding hydrogens is 248 g/mol. The molecule has 3 nitrogen and oxygen atoms in total. The Hall–Kier alpha value is -1.04. The zero-order chi connectivity index (χ0) is 10.0. The van der Waals surface area contributed by atoms with E-state index in [1.54, 1.807) is 0 Å². The highest BCUT2D eigenvalue weighted by atomic mass is 79.9. The molecule has 1 aromatic rings. The molecule has 1 heterocycles. The number of aromatic amines is 1. The molecule has 13 heavy (non-hydrogen) atoms. The number of rotatable bonds is 2. The van der Waals surface area contributed by atoms with Crippen LogP contribution in [0.5, 0.6) is 0 Å². The Labute approximate surface area is 79.9 Å². The molecule has 1 rings (SSSR count). The van der Waals surface area contributed by atoms with Crippen LogP contribution >= 0.6 is 15.9 Å². The lowest BCUT2D eigenvalue weighted by Crippen LogP contribution is -2.11. The van der Waals surface area contributed by atoms with Gasteiger partial charge in [0.05, 0.1) is 4.47 Å². The largest absolute Gasteiger partial charge is 0.328 e. The Balaban J connectivity index is 3.47. The average Bonchev–Trinajstić information content (AvgIpc) is 2.09. The van der Waals surface area contributed by atoms with Gasteiger partial charge in [0.1, 0.15) is 0 Å². The molecule has 0 aliphatic heterocycles. The van der Waals surface area contributed by atoms with Crippen molar-refractivity contribution in [3.8, 4) is 0 Å². The van der Waals surface area contributed by atoms with E-state index in [2.05, 4.69) is 20.9 Å². The van der Waals surface area contributed by atoms with Crippen LogP contribution in [0.2, 0.25) is 0 Å². The fourth-order valence-corrected chi connectivity index (χ4v) is 1.27. The van der Waals surface area contributed by atoms with E-state index >= 15 is 0 Å². The second-order valence-electron chi connectivity index (χ2n) is 2.22. The van der Waals surface area contributed by atoms with Crippen molar-refractivity contribution < 1.29 is 13.6 Å². The number of carbonyl (C=O) groups is 1. The van der Waals surface area contributed by atoms with Gasteiger partial charge in [-0.2, -0.15) is 0 Å². The van der Waals surface area contributed by atoms with Gasteiger partial charge in [-0.1, -0.05) is 0 Å². The molecule has 70 valence electrons. The lowest BCUT2D eigenvalue weighted by atomic mass is 10.2. The van der Waals surface area contributed by atoms with Gasteiger partial charge in [-0.25, -0.2) is 8.78 Å². The third-order valence-corrected chi connectivity index (χ3v) is 2.25. The van der Waals surface area contributed by atoms with E-state index in [-0.39, 0.29) is 16.3 Å². The Morgan fingerprint density at radius 1 is 1.54 bits per heavy atom. The first-order chi connectivity index (χ1) is 6.07. The van der Waals surface area contributed by atoms with Crippen molar-refractivity contribution in [2.24, 2.45) is 0 Å². The van der Waals surface area contributed by atoms with Crippen molar-refractivity contribution in [3.05, 3.63) is 32.2 Å². The van der Waals surface area contributed by atoms with Gasteiger partial charge in [0.2, 0.25) is 0 Å². The zero-order valence-electron chi connectivity index (χ0n) is 6.18. The molecule has 0 saturated carbocycles. The first kappa shape index (κ1) is 10.0. The number of hydrogen-bond donors (Lipinski definition) is 1. The highest BCUT2D eigenvalue weighted by molar-refractivity contribution is 9.10. The molecule has 0 aliphatic rings. The third kappa shape index (κ3) is 1.82. The molecule has 0 spiro atoms. The smallest absolute Gasteiger partial charge is 0.265 e. The van der Waals surface area contributed by atoms with Crippen LogP contribution in [0.4, 0.5) is 8.78 Å². The molecule has 0 amide bonds. The maximum Gasteiger partial charge on any atom is 0.265 e. The van der Waals surface area contributed by atoms with Crippen LogP contribution in [0.3, 0.4) is 0 Å². The predicted molar refractivity (Wildman–Crippen MR) is 45.1 cm³/mol. The molecule has 6 heteroatoms. The van der Waals surface area contributed by atoms with E-state index in [9.17, 15) is 18.4 Å². The molecule has 0 radical (unpaired) electrons. The van der Waals surface area contributed by atoms with Gasteiger partial charge in [-0.15, -0.1) is 0 Å². The second kappa shape index (κ2) is 3.78. The van der Waals surface area contributed by atoms with Gasteiger partial charge in [-0.3, -0.25) is 9.59 Å². The number of hydrogen-bond acceptors (Lipinski definition) is 2. The minimum atomic E-state index is -2.78. The Bertz CT molecular complexity index is 389. The minimum absolute atomic E-state index is 0.166. The van der Waals surface area contributed by atoms with E-state index in [1.165, 1.54) is 0 Å². The lowest BCUT2D eigenvalue weighted by Gasteiger charge is -2.03. The number of alkyl halides is 2. The van der Waals surface area contributed by atoms with Crippen molar-refractivity contribution in [2.75, 3.05) is 0 Å². The number of halogens is 3. The summed E-state index contributed by atoms with van der Waals surface area (Å²) in [4.78, 5) is 23.3. The summed E-state index contributed by atoms with van der Waals surface area (Å²) in [5.74, 6) is 0. The van der Waals surface area contributed by atoms with Crippen molar-refractivity contribution >= 4 is 22.2 Å². The molecule has 0 fully saturated rings. The molecule has 0 aromatic carbocycles. The summed E-state index contributed by atoms with van der Waals surface area (Å²) in [6, 6.07) is 0. The monoisotopic (exact) mass is 251 g/mol. The van der Waals surface area contributed by atoms with Crippen LogP contribution in [0.15, 0.2) is 15.5 Å². The van der Waals surface area contributed by atoms with E-state index in [0.29, 0.717) is 0 Å². The Morgan fingerprint density at radius 2 is 2.15 bits per heavy atom. The summed E-state index contributed by atoms with van der Waals surface area (Å²) in [6.07, 6.45) is -1.73. The van der Waals surface area contributed by atoms with Crippen molar-refractivity contribution in [1.82, 2.24) is 4.98 Å². The first-order valence-corrected chi connectivity index (χ1v) is 4.01. The predicted octanol–water partition coefficient (Wildman–Crippen LogP) is 1.89. The van der Waals surface area contributed by atoms with Gasteiger partial charge < -0.3 is 4.98 Å². The average molecular weight is 252 g/mol. The van der Waals surface area contributed by atoms with Gasteiger partial charge >= 0.3 is 0 Å². The van der Waals surface area contributed by atoms with E-state index in [0.717, 1.165) is 6.20 Å². The van der Waals surface area contributed by atoms with Crippen LogP contribution < -0.4 is 5.56 Å². The normalized spacial score (nSPS) is 10.5. The molecule has 1 aromatic heterocycles. The molecular formula is C7H4BrF2NO2. The summed E-state index contributed by atoms with van der Waals surface area (Å²) >= 11 is 2.75. The standard InChI is InChI=1S/C7H4BrF2NO2/c8-5-4(2-12)3(6(9)10)1-11-7(5)13/h1-2,6H,(H,11,13). The Morgan fingerprint density at radius 3 is 2.62 bits per heavy atom. The van der Waals surface area contributed by atoms with Crippen LogP contribution in [0.1, 0.15) is 22.3 Å². The number of aromatic nitrogens is 1. The quantitative estimate of drug-likeness (QED) is 0.817. The summed E-state index contributed by atoms with van der Waals surface area (Å²) in [6.45, 7) is 0. The minimum Gasteiger partial charge on any atom is -0.328 e. The van der Waals surface area contributed by atoms with Crippen LogP contribution in [0.25, 0.3) is 0 Å².